The van der Waals surface area contributed by atoms with Crippen LogP contribution >= 0.6 is 0 Å². The Labute approximate surface area is 225 Å². The van der Waals surface area contributed by atoms with Gasteiger partial charge in [0.2, 0.25) is 0 Å². The lowest BCUT2D eigenvalue weighted by Crippen LogP contribution is -2.50. The van der Waals surface area contributed by atoms with Crippen molar-refractivity contribution in [2.24, 2.45) is 5.41 Å². The van der Waals surface area contributed by atoms with E-state index in [0.717, 1.165) is 18.1 Å². The molecule has 1 atom stereocenters. The van der Waals surface area contributed by atoms with Crippen molar-refractivity contribution in [3.63, 3.8) is 0 Å². The molecule has 2 heterocycles. The molecular formula is C29H33BFN7. The van der Waals surface area contributed by atoms with Gasteiger partial charge in [0.05, 0.1) is 22.3 Å². The lowest BCUT2D eigenvalue weighted by atomic mass is 9.69. The van der Waals surface area contributed by atoms with Crippen LogP contribution in [0.1, 0.15) is 51.7 Å². The van der Waals surface area contributed by atoms with Gasteiger partial charge in [-0.1, -0.05) is 44.9 Å². The summed E-state index contributed by atoms with van der Waals surface area (Å²) in [6.45, 7) is 9.12. The van der Waals surface area contributed by atoms with Crippen molar-refractivity contribution in [1.82, 2.24) is 26.3 Å². The predicted molar refractivity (Wildman–Crippen MR) is 150 cm³/mol. The lowest BCUT2D eigenvalue weighted by molar-refractivity contribution is 0.259. The Hall–Kier alpha value is -3.79. The van der Waals surface area contributed by atoms with Gasteiger partial charge in [0.25, 0.3) is 0 Å². The van der Waals surface area contributed by atoms with E-state index in [1.54, 1.807) is 18.3 Å². The molecule has 4 N–H and O–H groups in total. The maximum absolute atomic E-state index is 13.8. The number of pyridine rings is 1. The highest BCUT2D eigenvalue weighted by molar-refractivity contribution is 6.17. The van der Waals surface area contributed by atoms with Gasteiger partial charge < -0.3 is 16.1 Å². The highest BCUT2D eigenvalue weighted by atomic mass is 19.1. The number of benzene rings is 1. The second kappa shape index (κ2) is 10.9. The first-order valence-electron chi connectivity index (χ1n) is 12.7. The third-order valence-corrected chi connectivity index (χ3v) is 6.54. The van der Waals surface area contributed by atoms with Gasteiger partial charge in [0, 0.05) is 47.8 Å². The monoisotopic (exact) mass is 509 g/mol. The van der Waals surface area contributed by atoms with Crippen LogP contribution in [0.2, 0.25) is 0 Å². The normalized spacial score (nSPS) is 18.1. The van der Waals surface area contributed by atoms with Gasteiger partial charge in [-0.15, -0.1) is 12.0 Å². The van der Waals surface area contributed by atoms with E-state index in [2.05, 4.69) is 59.3 Å². The summed E-state index contributed by atoms with van der Waals surface area (Å²) >= 11 is 0. The second-order valence-electron chi connectivity index (χ2n) is 10.9. The van der Waals surface area contributed by atoms with Crippen molar-refractivity contribution in [3.05, 3.63) is 69.9 Å². The Balaban J connectivity index is 1.76. The first-order chi connectivity index (χ1) is 18.1. The molecular weight excluding hydrogens is 476 g/mol. The van der Waals surface area contributed by atoms with E-state index in [4.69, 9.17) is 14.3 Å². The number of terminal acetylenes is 1. The fraction of sp³-hybridized carbons (Fsp3) is 0.379. The van der Waals surface area contributed by atoms with Crippen molar-refractivity contribution in [2.45, 2.75) is 52.0 Å². The van der Waals surface area contributed by atoms with Crippen LogP contribution in [0.3, 0.4) is 0 Å². The Morgan fingerprint density at radius 1 is 1.32 bits per heavy atom. The average Bonchev–Trinajstić information content (AvgIpc) is 3.62. The summed E-state index contributed by atoms with van der Waals surface area (Å²) < 4.78 is 13.8. The Bertz CT molecular complexity index is 1430. The van der Waals surface area contributed by atoms with Gasteiger partial charge in [-0.3, -0.25) is 9.99 Å². The molecule has 0 saturated heterocycles. The summed E-state index contributed by atoms with van der Waals surface area (Å²) in [5.74, 6) is 2.33. The molecule has 0 unspecified atom stereocenters. The molecule has 1 saturated carbocycles. The lowest BCUT2D eigenvalue weighted by Gasteiger charge is -2.33. The summed E-state index contributed by atoms with van der Waals surface area (Å²) in [6.07, 6.45) is 13.4. The third-order valence-electron chi connectivity index (χ3n) is 6.54. The molecule has 1 fully saturated rings. The molecule has 0 bridgehead atoms. The topological polar surface area (TPSA) is 88.0 Å². The van der Waals surface area contributed by atoms with E-state index in [-0.39, 0.29) is 11.2 Å². The molecule has 1 aromatic heterocycles. The zero-order valence-corrected chi connectivity index (χ0v) is 22.3. The first kappa shape index (κ1) is 27.3. The molecule has 2 aliphatic rings. The third kappa shape index (κ3) is 6.02. The molecule has 2 aromatic rings. The molecule has 194 valence electrons. The highest BCUT2D eigenvalue weighted by Gasteiger charge is 2.37. The molecule has 38 heavy (non-hydrogen) atoms. The predicted octanol–water partition coefficient (Wildman–Crippen LogP) is 2.07. The van der Waals surface area contributed by atoms with Crippen molar-refractivity contribution in [2.75, 3.05) is 18.4 Å². The van der Waals surface area contributed by atoms with Crippen LogP contribution in [0.15, 0.2) is 42.4 Å². The number of halogens is 1. The molecule has 7 nitrogen and oxygen atoms in total. The molecule has 1 aromatic carbocycles. The molecule has 1 aliphatic heterocycles. The Kier molecular flexibility index (Phi) is 7.82. The number of hydrogen-bond acceptors (Lipinski definition) is 7. The van der Waals surface area contributed by atoms with Crippen LogP contribution in [-0.2, 0) is 5.44 Å². The smallest absolute Gasteiger partial charge is 0.123 e. The average molecular weight is 509 g/mol. The summed E-state index contributed by atoms with van der Waals surface area (Å²) in [5.41, 5.74) is 8.29. The molecule has 4 rings (SSSR count). The maximum Gasteiger partial charge on any atom is 0.123 e. The van der Waals surface area contributed by atoms with E-state index in [9.17, 15) is 9.65 Å². The van der Waals surface area contributed by atoms with Crippen molar-refractivity contribution in [3.8, 4) is 18.4 Å². The van der Waals surface area contributed by atoms with Crippen molar-refractivity contribution >= 4 is 25.2 Å². The molecule has 0 amide bonds. The minimum absolute atomic E-state index is 0.0212. The standard InChI is InChI=1S/C29H33BFN7/c1-6-19(2)26-24(27(20(15-32)16-33-26)34-18-28(3,4)5)13-14-35-29(30,21-7-9-22(31)10-8-21)25-17-38(37-36-25)23-11-12-23/h1,7-10,13,16-17,23,34-37H,11-12,14,18H2,2-5H3/b24-13+,26-19+/t29-/m0/s1. The quantitative estimate of drug-likeness (QED) is 0.320. The van der Waals surface area contributed by atoms with Crippen LogP contribution in [0.25, 0.3) is 11.6 Å². The van der Waals surface area contributed by atoms with Crippen LogP contribution in [0, 0.1) is 34.9 Å². The van der Waals surface area contributed by atoms with E-state index in [1.807, 2.05) is 24.2 Å². The number of aromatic nitrogens is 1. The summed E-state index contributed by atoms with van der Waals surface area (Å²) in [4.78, 5) is 4.51. The Morgan fingerprint density at radius 3 is 2.63 bits per heavy atom. The largest absolute Gasteiger partial charge is 0.383 e. The summed E-state index contributed by atoms with van der Waals surface area (Å²) in [5, 5.41) is 20.0. The highest BCUT2D eigenvalue weighted by Crippen LogP contribution is 2.31. The SMILES string of the molecule is [B][C@@](NC/C=c1/c(NCC(C)(C)C)c(C#N)cn/c1=C(\C)C#C)(C1=CN(C2CC2)NN1)c1ccc(F)cc1. The van der Waals surface area contributed by atoms with Crippen LogP contribution in [0.4, 0.5) is 10.1 Å². The number of nitrogens with zero attached hydrogens (tertiary/aromatic N) is 3. The minimum Gasteiger partial charge on any atom is -0.383 e. The van der Waals surface area contributed by atoms with Crippen LogP contribution < -0.4 is 32.2 Å². The number of nitrogens with one attached hydrogen (secondary N) is 4. The molecule has 1 aliphatic carbocycles. The zero-order valence-electron chi connectivity index (χ0n) is 22.3. The summed E-state index contributed by atoms with van der Waals surface area (Å²) in [7, 11) is 6.98. The maximum atomic E-state index is 13.8. The van der Waals surface area contributed by atoms with Gasteiger partial charge in [-0.25, -0.2) is 4.39 Å². The van der Waals surface area contributed by atoms with E-state index < -0.39 is 5.44 Å². The van der Waals surface area contributed by atoms with Gasteiger partial charge in [0.1, 0.15) is 19.7 Å². The van der Waals surface area contributed by atoms with E-state index in [0.29, 0.717) is 52.6 Å². The van der Waals surface area contributed by atoms with Crippen LogP contribution in [0.5, 0.6) is 0 Å². The van der Waals surface area contributed by atoms with Crippen molar-refractivity contribution < 1.29 is 4.39 Å². The zero-order chi connectivity index (χ0) is 27.5. The van der Waals surface area contributed by atoms with Crippen molar-refractivity contribution in [1.29, 1.82) is 5.26 Å². The van der Waals surface area contributed by atoms with Crippen LogP contribution in [-0.4, -0.2) is 37.0 Å². The summed E-state index contributed by atoms with van der Waals surface area (Å²) in [6, 6.07) is 8.78. The number of rotatable bonds is 8. The fourth-order valence-electron chi connectivity index (χ4n) is 4.18. The second-order valence-corrected chi connectivity index (χ2v) is 10.9. The number of hydrogen-bond donors (Lipinski definition) is 4. The first-order valence-corrected chi connectivity index (χ1v) is 12.7. The van der Waals surface area contributed by atoms with Gasteiger partial charge >= 0.3 is 0 Å². The molecule has 0 spiro atoms. The van der Waals surface area contributed by atoms with Gasteiger partial charge in [-0.2, -0.15) is 5.26 Å². The minimum atomic E-state index is -1.16. The molecule has 2 radical (unpaired) electrons. The van der Waals surface area contributed by atoms with E-state index >= 15 is 0 Å². The van der Waals surface area contributed by atoms with Gasteiger partial charge in [0.15, 0.2) is 0 Å². The molecule has 9 heteroatoms. The van der Waals surface area contributed by atoms with E-state index in [1.165, 1.54) is 12.1 Å². The fourth-order valence-corrected chi connectivity index (χ4v) is 4.18. The number of nitriles is 1. The Morgan fingerprint density at radius 2 is 2.03 bits per heavy atom. The van der Waals surface area contributed by atoms with Gasteiger partial charge in [-0.05, 0) is 42.9 Å². The number of hydrazine groups is 2. The number of anilines is 1.